The summed E-state index contributed by atoms with van der Waals surface area (Å²) in [5.74, 6) is 0.234. The monoisotopic (exact) mass is 221 g/mol. The van der Waals surface area contributed by atoms with Crippen LogP contribution in [0, 0.1) is 0 Å². The molecule has 0 aromatic carbocycles. The molecule has 88 valence electrons. The van der Waals surface area contributed by atoms with Crippen molar-refractivity contribution in [3.63, 3.8) is 0 Å². The number of carbonyl (C=O) groups excluding carboxylic acids is 1. The third-order valence-corrected chi connectivity index (χ3v) is 3.18. The quantitative estimate of drug-likeness (QED) is 0.817. The molecule has 1 amide bonds. The second-order valence-electron chi connectivity index (χ2n) is 4.19. The molecule has 0 saturated carbocycles. The fraction of sp³-hybridized carbons (Fsp3) is 0.583. The number of amides is 1. The number of H-pyrrole nitrogens is 1. The smallest absolute Gasteiger partial charge is 0.228 e. The van der Waals surface area contributed by atoms with Gasteiger partial charge in [-0.2, -0.15) is 0 Å². The minimum Gasteiger partial charge on any atom is -0.365 e. The van der Waals surface area contributed by atoms with E-state index in [-0.39, 0.29) is 5.91 Å². The van der Waals surface area contributed by atoms with Gasteiger partial charge in [-0.25, -0.2) is 0 Å². The highest BCUT2D eigenvalue weighted by molar-refractivity contribution is 5.78. The lowest BCUT2D eigenvalue weighted by Gasteiger charge is -2.34. The predicted octanol–water partition coefficient (Wildman–Crippen LogP) is 0.721. The van der Waals surface area contributed by atoms with Crippen molar-refractivity contribution >= 4 is 5.91 Å². The van der Waals surface area contributed by atoms with E-state index in [4.69, 9.17) is 0 Å². The van der Waals surface area contributed by atoms with Crippen molar-refractivity contribution in [1.82, 2.24) is 14.8 Å². The summed E-state index contributed by atoms with van der Waals surface area (Å²) in [7, 11) is 0. The van der Waals surface area contributed by atoms with E-state index >= 15 is 0 Å². The van der Waals surface area contributed by atoms with Crippen LogP contribution >= 0.6 is 0 Å². The number of nitrogens with one attached hydrogen (secondary N) is 1. The lowest BCUT2D eigenvalue weighted by atomic mass is 10.2. The number of aromatic amines is 1. The summed E-state index contributed by atoms with van der Waals surface area (Å²) in [4.78, 5) is 19.4. The van der Waals surface area contributed by atoms with Gasteiger partial charge in [-0.1, -0.05) is 6.92 Å². The minimum absolute atomic E-state index is 0.234. The molecule has 1 aliphatic rings. The van der Waals surface area contributed by atoms with Crippen LogP contribution in [0.2, 0.25) is 0 Å². The molecule has 0 bridgehead atoms. The summed E-state index contributed by atoms with van der Waals surface area (Å²) in [5, 5.41) is 0. The van der Waals surface area contributed by atoms with E-state index in [0.29, 0.717) is 6.42 Å². The molecule has 1 N–H and O–H groups in total. The predicted molar refractivity (Wildman–Crippen MR) is 63.2 cm³/mol. The Morgan fingerprint density at radius 3 is 2.69 bits per heavy atom. The maximum atomic E-state index is 11.9. The van der Waals surface area contributed by atoms with Crippen LogP contribution < -0.4 is 0 Å². The molecule has 4 nitrogen and oxygen atoms in total. The number of rotatable bonds is 3. The lowest BCUT2D eigenvalue weighted by molar-refractivity contribution is -0.132. The molecule has 1 saturated heterocycles. The van der Waals surface area contributed by atoms with Crippen LogP contribution in [0.3, 0.4) is 0 Å². The number of nitrogens with zero attached hydrogens (tertiary/aromatic N) is 2. The van der Waals surface area contributed by atoms with Gasteiger partial charge >= 0.3 is 0 Å². The Kier molecular flexibility index (Phi) is 3.62. The lowest BCUT2D eigenvalue weighted by Crippen LogP contribution is -2.48. The van der Waals surface area contributed by atoms with Crippen LogP contribution in [0.4, 0.5) is 0 Å². The van der Waals surface area contributed by atoms with Gasteiger partial charge in [-0.05, 0) is 18.7 Å². The molecular formula is C12H19N3O. The fourth-order valence-corrected chi connectivity index (χ4v) is 2.07. The zero-order chi connectivity index (χ0) is 11.4. The first kappa shape index (κ1) is 11.2. The Bertz CT molecular complexity index is 326. The molecule has 16 heavy (non-hydrogen) atoms. The van der Waals surface area contributed by atoms with Gasteiger partial charge < -0.3 is 14.8 Å². The summed E-state index contributed by atoms with van der Waals surface area (Å²) in [6.07, 6.45) is 2.36. The summed E-state index contributed by atoms with van der Waals surface area (Å²) in [6, 6.07) is 3.89. The number of hydrogen-bond donors (Lipinski definition) is 1. The van der Waals surface area contributed by atoms with Gasteiger partial charge in [0, 0.05) is 38.1 Å². The first-order valence-electron chi connectivity index (χ1n) is 5.92. The van der Waals surface area contributed by atoms with Crippen LogP contribution in [0.25, 0.3) is 0 Å². The third kappa shape index (κ3) is 2.64. The molecule has 2 rings (SSSR count). The van der Waals surface area contributed by atoms with Crippen molar-refractivity contribution in [1.29, 1.82) is 0 Å². The van der Waals surface area contributed by atoms with Crippen LogP contribution in [0.15, 0.2) is 18.3 Å². The fourth-order valence-electron chi connectivity index (χ4n) is 2.07. The highest BCUT2D eigenvalue weighted by Gasteiger charge is 2.20. The van der Waals surface area contributed by atoms with E-state index in [1.165, 1.54) is 0 Å². The maximum Gasteiger partial charge on any atom is 0.228 e. The number of hydrogen-bond acceptors (Lipinski definition) is 2. The molecule has 2 heterocycles. The number of piperazine rings is 1. The van der Waals surface area contributed by atoms with Gasteiger partial charge in [0.1, 0.15) is 0 Å². The van der Waals surface area contributed by atoms with Crippen LogP contribution in [-0.4, -0.2) is 53.4 Å². The molecule has 1 aromatic heterocycles. The Morgan fingerprint density at radius 2 is 2.12 bits per heavy atom. The topological polar surface area (TPSA) is 39.3 Å². The standard InChI is InChI=1S/C12H19N3O/c1-2-14-6-8-15(9-7-14)12(16)10-11-4-3-5-13-11/h3-5,13H,2,6-10H2,1H3. The molecule has 0 aliphatic carbocycles. The number of aromatic nitrogens is 1. The average Bonchev–Trinajstić information content (AvgIpc) is 2.82. The molecular weight excluding hydrogens is 202 g/mol. The van der Waals surface area contributed by atoms with E-state index in [9.17, 15) is 4.79 Å². The van der Waals surface area contributed by atoms with Crippen molar-refractivity contribution < 1.29 is 4.79 Å². The van der Waals surface area contributed by atoms with E-state index in [1.807, 2.05) is 23.2 Å². The van der Waals surface area contributed by atoms with Crippen LogP contribution in [0.5, 0.6) is 0 Å². The van der Waals surface area contributed by atoms with Gasteiger partial charge in [0.15, 0.2) is 0 Å². The average molecular weight is 221 g/mol. The van der Waals surface area contributed by atoms with Gasteiger partial charge in [0.25, 0.3) is 0 Å². The molecule has 0 atom stereocenters. The first-order chi connectivity index (χ1) is 7.79. The Balaban J connectivity index is 1.82. The molecule has 0 unspecified atom stereocenters. The largest absolute Gasteiger partial charge is 0.365 e. The van der Waals surface area contributed by atoms with Crippen molar-refractivity contribution in [2.24, 2.45) is 0 Å². The molecule has 0 radical (unpaired) electrons. The van der Waals surface area contributed by atoms with Gasteiger partial charge in [-0.3, -0.25) is 4.79 Å². The zero-order valence-electron chi connectivity index (χ0n) is 9.78. The highest BCUT2D eigenvalue weighted by Crippen LogP contribution is 2.05. The minimum atomic E-state index is 0.234. The van der Waals surface area contributed by atoms with Gasteiger partial charge in [0.05, 0.1) is 6.42 Å². The van der Waals surface area contributed by atoms with Gasteiger partial charge in [0.2, 0.25) is 5.91 Å². The molecule has 4 heteroatoms. The van der Waals surface area contributed by atoms with Crippen molar-refractivity contribution in [3.05, 3.63) is 24.0 Å². The summed E-state index contributed by atoms with van der Waals surface area (Å²) >= 11 is 0. The van der Waals surface area contributed by atoms with E-state index in [0.717, 1.165) is 38.4 Å². The number of carbonyl (C=O) groups is 1. The van der Waals surface area contributed by atoms with E-state index in [2.05, 4.69) is 16.8 Å². The third-order valence-electron chi connectivity index (χ3n) is 3.18. The SMILES string of the molecule is CCN1CCN(C(=O)Cc2ccc[nH]2)CC1. The normalized spacial score (nSPS) is 17.7. The van der Waals surface area contributed by atoms with Crippen LogP contribution in [-0.2, 0) is 11.2 Å². The van der Waals surface area contributed by atoms with Crippen molar-refractivity contribution in [2.75, 3.05) is 32.7 Å². The molecule has 1 fully saturated rings. The molecule has 0 spiro atoms. The maximum absolute atomic E-state index is 11.9. The Labute approximate surface area is 96.2 Å². The highest BCUT2D eigenvalue weighted by atomic mass is 16.2. The molecule has 1 aliphatic heterocycles. The first-order valence-corrected chi connectivity index (χ1v) is 5.92. The van der Waals surface area contributed by atoms with Gasteiger partial charge in [-0.15, -0.1) is 0 Å². The van der Waals surface area contributed by atoms with E-state index < -0.39 is 0 Å². The van der Waals surface area contributed by atoms with Crippen molar-refractivity contribution in [3.8, 4) is 0 Å². The summed E-state index contributed by atoms with van der Waals surface area (Å²) < 4.78 is 0. The second-order valence-corrected chi connectivity index (χ2v) is 4.19. The summed E-state index contributed by atoms with van der Waals surface area (Å²) in [5.41, 5.74) is 1.00. The molecule has 1 aromatic rings. The van der Waals surface area contributed by atoms with Crippen LogP contribution in [0.1, 0.15) is 12.6 Å². The Morgan fingerprint density at radius 1 is 1.38 bits per heavy atom. The Hall–Kier alpha value is -1.29. The second kappa shape index (κ2) is 5.16. The summed E-state index contributed by atoms with van der Waals surface area (Å²) in [6.45, 7) is 7.00. The van der Waals surface area contributed by atoms with Crippen molar-refractivity contribution in [2.45, 2.75) is 13.3 Å². The number of likely N-dealkylation sites (N-methyl/N-ethyl adjacent to an activating group) is 1. The zero-order valence-corrected chi connectivity index (χ0v) is 9.78. The van der Waals surface area contributed by atoms with E-state index in [1.54, 1.807) is 0 Å².